The molecule has 0 radical (unpaired) electrons. The fourth-order valence-electron chi connectivity index (χ4n) is 5.05. The van der Waals surface area contributed by atoms with Crippen molar-refractivity contribution in [2.75, 3.05) is 25.5 Å². The third-order valence-corrected chi connectivity index (χ3v) is 7.15. The van der Waals surface area contributed by atoms with Crippen molar-refractivity contribution in [3.05, 3.63) is 88.4 Å². The largest absolute Gasteiger partial charge is 0.491 e. The number of ether oxygens (including phenoxy) is 3. The highest BCUT2D eigenvalue weighted by Crippen LogP contribution is 2.42. The first-order valence-corrected chi connectivity index (χ1v) is 14.2. The maximum absolute atomic E-state index is 14.3. The summed E-state index contributed by atoms with van der Waals surface area (Å²) in [5, 5.41) is 2.94. The van der Waals surface area contributed by atoms with E-state index in [9.17, 15) is 4.79 Å². The lowest BCUT2D eigenvalue weighted by Gasteiger charge is -2.24. The van der Waals surface area contributed by atoms with Crippen LogP contribution >= 0.6 is 0 Å². The molecule has 0 saturated heterocycles. The second kappa shape index (κ2) is 12.5. The third-order valence-electron chi connectivity index (χ3n) is 7.15. The lowest BCUT2D eigenvalue weighted by molar-refractivity contribution is 0.0739. The molecule has 42 heavy (non-hydrogen) atoms. The molecule has 0 aliphatic carbocycles. The molecule has 0 fully saturated rings. The van der Waals surface area contributed by atoms with Crippen LogP contribution in [0.3, 0.4) is 0 Å². The van der Waals surface area contributed by atoms with Crippen LogP contribution in [0.25, 0.3) is 11.1 Å². The van der Waals surface area contributed by atoms with Crippen LogP contribution in [0.2, 0.25) is 0 Å². The Hall–Kier alpha value is -4.66. The Kier molecular flexibility index (Phi) is 8.56. The van der Waals surface area contributed by atoms with Gasteiger partial charge in [0.25, 0.3) is 5.91 Å². The number of pyridine rings is 1. The van der Waals surface area contributed by atoms with Gasteiger partial charge in [-0.05, 0) is 57.9 Å². The van der Waals surface area contributed by atoms with Crippen molar-refractivity contribution in [1.82, 2.24) is 19.9 Å². The Bertz CT molecular complexity index is 1570. The van der Waals surface area contributed by atoms with Crippen molar-refractivity contribution in [3.8, 4) is 28.5 Å². The zero-order chi connectivity index (χ0) is 29.8. The Balaban J connectivity index is 1.53. The van der Waals surface area contributed by atoms with E-state index in [0.717, 1.165) is 33.5 Å². The molecule has 9 nitrogen and oxygen atoms in total. The van der Waals surface area contributed by atoms with Gasteiger partial charge in [-0.15, -0.1) is 0 Å². The van der Waals surface area contributed by atoms with E-state index in [-0.39, 0.29) is 12.0 Å². The smallest absolute Gasteiger partial charge is 0.258 e. The van der Waals surface area contributed by atoms with Gasteiger partial charge in [0.2, 0.25) is 11.8 Å². The molecule has 0 spiro atoms. The monoisotopic (exact) mass is 567 g/mol. The van der Waals surface area contributed by atoms with Crippen molar-refractivity contribution < 1.29 is 19.0 Å². The van der Waals surface area contributed by atoms with Crippen molar-refractivity contribution in [3.63, 3.8) is 0 Å². The highest BCUT2D eigenvalue weighted by atomic mass is 16.5. The van der Waals surface area contributed by atoms with E-state index in [1.165, 1.54) is 0 Å². The maximum Gasteiger partial charge on any atom is 0.258 e. The van der Waals surface area contributed by atoms with E-state index in [2.05, 4.69) is 15.3 Å². The van der Waals surface area contributed by atoms with E-state index in [4.69, 9.17) is 19.2 Å². The average Bonchev–Trinajstić information content (AvgIpc) is 3.14. The molecular formula is C33H37N5O4. The summed E-state index contributed by atoms with van der Waals surface area (Å²) < 4.78 is 18.7. The van der Waals surface area contributed by atoms with Gasteiger partial charge < -0.3 is 24.4 Å². The number of aromatic nitrogens is 3. The van der Waals surface area contributed by atoms with E-state index in [1.54, 1.807) is 24.3 Å². The quantitative estimate of drug-likeness (QED) is 0.267. The summed E-state index contributed by atoms with van der Waals surface area (Å²) in [6, 6.07) is 13.9. The number of hydrogen-bond acceptors (Lipinski definition) is 8. The third kappa shape index (κ3) is 6.15. The maximum atomic E-state index is 14.3. The zero-order valence-corrected chi connectivity index (χ0v) is 25.0. The van der Waals surface area contributed by atoms with Gasteiger partial charge in [-0.2, -0.15) is 0 Å². The number of aryl methyl sites for hydroxylation is 2. The lowest BCUT2D eigenvalue weighted by atomic mass is 9.97. The minimum atomic E-state index is -0.141. The second-order valence-corrected chi connectivity index (χ2v) is 10.7. The van der Waals surface area contributed by atoms with Crippen LogP contribution in [-0.2, 0) is 13.2 Å². The molecule has 218 valence electrons. The first-order chi connectivity index (χ1) is 20.2. The van der Waals surface area contributed by atoms with Gasteiger partial charge >= 0.3 is 0 Å². The van der Waals surface area contributed by atoms with Crippen LogP contribution in [0.4, 0.5) is 5.95 Å². The first-order valence-electron chi connectivity index (χ1n) is 14.2. The van der Waals surface area contributed by atoms with Crippen molar-refractivity contribution in [1.29, 1.82) is 0 Å². The van der Waals surface area contributed by atoms with Gasteiger partial charge in [0, 0.05) is 47.4 Å². The fraction of sp³-hybridized carbons (Fsp3) is 0.333. The van der Waals surface area contributed by atoms with Gasteiger partial charge in [0.15, 0.2) is 0 Å². The second-order valence-electron chi connectivity index (χ2n) is 10.7. The Morgan fingerprint density at radius 3 is 2.50 bits per heavy atom. The number of carbonyl (C=O) groups is 1. The minimum Gasteiger partial charge on any atom is -0.491 e. The Morgan fingerprint density at radius 2 is 1.81 bits per heavy atom. The van der Waals surface area contributed by atoms with Gasteiger partial charge in [0.1, 0.15) is 24.7 Å². The molecule has 2 aromatic heterocycles. The molecule has 0 atom stereocenters. The molecule has 0 unspecified atom stereocenters. The predicted octanol–water partition coefficient (Wildman–Crippen LogP) is 5.91. The summed E-state index contributed by atoms with van der Waals surface area (Å²) in [5.41, 5.74) is 6.44. The summed E-state index contributed by atoms with van der Waals surface area (Å²) in [6.07, 6.45) is 3.36. The number of carbonyl (C=O) groups excluding carboxylic acids is 1. The molecule has 1 aliphatic rings. The van der Waals surface area contributed by atoms with Gasteiger partial charge in [0.05, 0.1) is 24.8 Å². The summed E-state index contributed by atoms with van der Waals surface area (Å²) in [4.78, 5) is 29.6. The van der Waals surface area contributed by atoms with E-state index in [1.807, 2.05) is 77.1 Å². The normalized spacial score (nSPS) is 12.9. The van der Waals surface area contributed by atoms with E-state index in [0.29, 0.717) is 60.8 Å². The molecule has 1 amide bonds. The summed E-state index contributed by atoms with van der Waals surface area (Å²) in [6.45, 7) is 11.2. The van der Waals surface area contributed by atoms with Crippen LogP contribution in [0.15, 0.2) is 54.9 Å². The number of hydrogen-bond donors (Lipinski definition) is 1. The molecule has 5 rings (SSSR count). The van der Waals surface area contributed by atoms with Gasteiger partial charge in [-0.25, -0.2) is 15.0 Å². The van der Waals surface area contributed by atoms with Crippen molar-refractivity contribution >= 4 is 11.9 Å². The molecule has 1 aliphatic heterocycles. The summed E-state index contributed by atoms with van der Waals surface area (Å²) >= 11 is 0. The van der Waals surface area contributed by atoms with Gasteiger partial charge in [-0.3, -0.25) is 4.79 Å². The Labute approximate surface area is 246 Å². The predicted molar refractivity (Wildman–Crippen MR) is 162 cm³/mol. The molecule has 1 N–H and O–H groups in total. The lowest BCUT2D eigenvalue weighted by Crippen LogP contribution is -2.33. The van der Waals surface area contributed by atoms with Crippen LogP contribution in [0.1, 0.15) is 52.2 Å². The fourth-order valence-corrected chi connectivity index (χ4v) is 5.05. The number of benzene rings is 2. The van der Waals surface area contributed by atoms with Crippen LogP contribution in [-0.4, -0.2) is 52.1 Å². The molecule has 4 aromatic rings. The molecule has 0 bridgehead atoms. The zero-order valence-electron chi connectivity index (χ0n) is 25.0. The number of nitrogens with one attached hydrogen (secondary N) is 1. The number of rotatable bonds is 9. The Morgan fingerprint density at radius 1 is 1.07 bits per heavy atom. The van der Waals surface area contributed by atoms with E-state index < -0.39 is 0 Å². The van der Waals surface area contributed by atoms with E-state index >= 15 is 0 Å². The van der Waals surface area contributed by atoms with Crippen LogP contribution in [0, 0.1) is 20.8 Å². The SMILES string of the molecule is CNc1ncc(-c2cc(OC(C)C)c(C)c3c2OCCN(Cc2c(C)cc(C)nc2OCc2ccccc2)C3=O)cn1. The number of fused-ring (bicyclic) bond motifs is 1. The summed E-state index contributed by atoms with van der Waals surface area (Å²) in [7, 11) is 1.77. The highest BCUT2D eigenvalue weighted by molar-refractivity contribution is 6.02. The number of anilines is 1. The van der Waals surface area contributed by atoms with Crippen LogP contribution in [0.5, 0.6) is 17.4 Å². The molecule has 2 aromatic carbocycles. The molecular weight excluding hydrogens is 530 g/mol. The number of nitrogens with zero attached hydrogens (tertiary/aromatic N) is 4. The minimum absolute atomic E-state index is 0.0824. The highest BCUT2D eigenvalue weighted by Gasteiger charge is 2.31. The van der Waals surface area contributed by atoms with Crippen molar-refractivity contribution in [2.24, 2.45) is 0 Å². The summed E-state index contributed by atoms with van der Waals surface area (Å²) in [5.74, 6) is 2.03. The molecule has 3 heterocycles. The standard InChI is InChI=1S/C33H37N5O4/c1-20(2)42-28-15-26(25-16-35-33(34-6)36-17-25)30-29(23(28)5)32(39)38(12-13-40-30)18-27-21(3)14-22(4)37-31(27)41-19-24-10-8-7-9-11-24/h7-11,14-17,20H,12-13,18-19H2,1-6H3,(H,34,35,36). The van der Waals surface area contributed by atoms with Crippen molar-refractivity contribution in [2.45, 2.75) is 53.9 Å². The molecule has 9 heteroatoms. The van der Waals surface area contributed by atoms with Crippen LogP contribution < -0.4 is 19.5 Å². The number of amides is 1. The average molecular weight is 568 g/mol. The molecule has 0 saturated carbocycles. The van der Waals surface area contributed by atoms with Gasteiger partial charge in [-0.1, -0.05) is 30.3 Å². The topological polar surface area (TPSA) is 98.7 Å². The first kappa shape index (κ1) is 28.9.